The van der Waals surface area contributed by atoms with E-state index in [1.807, 2.05) is 0 Å². The quantitative estimate of drug-likeness (QED) is 0.515. The summed E-state index contributed by atoms with van der Waals surface area (Å²) in [6.07, 6.45) is 0.0394. The van der Waals surface area contributed by atoms with Gasteiger partial charge in [-0.1, -0.05) is 0 Å². The topological polar surface area (TPSA) is 97.5 Å². The van der Waals surface area contributed by atoms with Crippen LogP contribution in [0.2, 0.25) is 0 Å². The van der Waals surface area contributed by atoms with Crippen molar-refractivity contribution in [3.05, 3.63) is 0 Å². The van der Waals surface area contributed by atoms with Crippen LogP contribution in [0.15, 0.2) is 0 Å². The van der Waals surface area contributed by atoms with E-state index in [1.54, 1.807) is 0 Å². The largest absolute Gasteiger partial charge is 0.480 e. The Morgan fingerprint density at radius 3 is 2.27 bits per heavy atom. The van der Waals surface area contributed by atoms with Crippen LogP contribution in [0.1, 0.15) is 6.42 Å². The first-order chi connectivity index (χ1) is 4.93. The lowest BCUT2D eigenvalue weighted by molar-refractivity contribution is -0.136. The highest BCUT2D eigenvalue weighted by Crippen LogP contribution is 2.18. The average molecular weight is 179 g/mol. The molecular formula is C5H9NO4S. The fourth-order valence-electron chi connectivity index (χ4n) is 1.16. The Balaban J connectivity index is 2.92. The van der Waals surface area contributed by atoms with Gasteiger partial charge in [0.2, 0.25) is 0 Å². The maximum absolute atomic E-state index is 11.0. The van der Waals surface area contributed by atoms with E-state index in [4.69, 9.17) is 10.8 Å². The predicted molar refractivity (Wildman–Crippen MR) is 37.8 cm³/mol. The second-order valence-electron chi connectivity index (χ2n) is 2.65. The number of sulfone groups is 1. The third-order valence-electron chi connectivity index (χ3n) is 1.67. The second kappa shape index (κ2) is 2.46. The minimum Gasteiger partial charge on any atom is -0.480 e. The van der Waals surface area contributed by atoms with E-state index in [-0.39, 0.29) is 12.2 Å². The molecule has 1 rings (SSSR count). The van der Waals surface area contributed by atoms with Crippen molar-refractivity contribution in [1.29, 1.82) is 0 Å². The van der Waals surface area contributed by atoms with Crippen LogP contribution in [0.25, 0.3) is 0 Å². The van der Waals surface area contributed by atoms with Gasteiger partial charge < -0.3 is 10.8 Å². The SMILES string of the molecule is N[C@@H]1CC(C(=O)O)S(=O)(=O)C1. The summed E-state index contributed by atoms with van der Waals surface area (Å²) in [6.45, 7) is 0. The molecule has 1 saturated heterocycles. The van der Waals surface area contributed by atoms with Crippen molar-refractivity contribution in [1.82, 2.24) is 0 Å². The molecule has 1 heterocycles. The molecular weight excluding hydrogens is 170 g/mol. The van der Waals surface area contributed by atoms with Crippen molar-refractivity contribution in [3.8, 4) is 0 Å². The third-order valence-corrected chi connectivity index (χ3v) is 3.83. The summed E-state index contributed by atoms with van der Waals surface area (Å²) in [5.74, 6) is -1.50. The Kier molecular flexibility index (Phi) is 1.89. The summed E-state index contributed by atoms with van der Waals surface area (Å²) in [5, 5.41) is 7.15. The summed E-state index contributed by atoms with van der Waals surface area (Å²) in [6, 6.07) is -0.513. The summed E-state index contributed by atoms with van der Waals surface area (Å²) in [7, 11) is -3.46. The third kappa shape index (κ3) is 1.51. The second-order valence-corrected chi connectivity index (χ2v) is 4.88. The van der Waals surface area contributed by atoms with E-state index < -0.39 is 27.1 Å². The summed E-state index contributed by atoms with van der Waals surface area (Å²) in [5.41, 5.74) is 5.30. The Morgan fingerprint density at radius 1 is 1.55 bits per heavy atom. The van der Waals surface area contributed by atoms with Gasteiger partial charge in [0.1, 0.15) is 0 Å². The maximum atomic E-state index is 11.0. The van der Waals surface area contributed by atoms with Crippen LogP contribution in [-0.4, -0.2) is 36.5 Å². The molecule has 64 valence electrons. The molecule has 6 heteroatoms. The number of hydrogen-bond acceptors (Lipinski definition) is 4. The highest BCUT2D eigenvalue weighted by molar-refractivity contribution is 7.93. The number of aliphatic carboxylic acids is 1. The number of carbonyl (C=O) groups is 1. The number of rotatable bonds is 1. The van der Waals surface area contributed by atoms with Crippen molar-refractivity contribution in [2.24, 2.45) is 5.73 Å². The molecule has 0 aromatic rings. The zero-order chi connectivity index (χ0) is 8.65. The van der Waals surface area contributed by atoms with Crippen LogP contribution in [0, 0.1) is 0 Å². The summed E-state index contributed by atoms with van der Waals surface area (Å²) >= 11 is 0. The molecule has 0 aliphatic carbocycles. The molecule has 1 fully saturated rings. The fraction of sp³-hybridized carbons (Fsp3) is 0.800. The first kappa shape index (κ1) is 8.48. The van der Waals surface area contributed by atoms with Crippen LogP contribution in [0.5, 0.6) is 0 Å². The lowest BCUT2D eigenvalue weighted by Gasteiger charge is -1.99. The number of carboxylic acids is 1. The monoisotopic (exact) mass is 179 g/mol. The lowest BCUT2D eigenvalue weighted by Crippen LogP contribution is -2.25. The lowest BCUT2D eigenvalue weighted by atomic mass is 10.2. The normalized spacial score (nSPS) is 35.4. The van der Waals surface area contributed by atoms with Gasteiger partial charge in [-0.3, -0.25) is 4.79 Å². The van der Waals surface area contributed by atoms with Crippen LogP contribution in [0.4, 0.5) is 0 Å². The Hall–Kier alpha value is -0.620. The highest BCUT2D eigenvalue weighted by atomic mass is 32.2. The summed E-state index contributed by atoms with van der Waals surface area (Å²) in [4.78, 5) is 10.3. The average Bonchev–Trinajstić information content (AvgIpc) is 2.04. The van der Waals surface area contributed by atoms with Gasteiger partial charge in [-0.2, -0.15) is 0 Å². The molecule has 0 aromatic carbocycles. The van der Waals surface area contributed by atoms with Crippen molar-refractivity contribution in [2.75, 3.05) is 5.75 Å². The Bertz CT molecular complexity index is 270. The molecule has 5 nitrogen and oxygen atoms in total. The van der Waals surface area contributed by atoms with Crippen molar-refractivity contribution in [2.45, 2.75) is 17.7 Å². The van der Waals surface area contributed by atoms with Gasteiger partial charge in [0.15, 0.2) is 15.1 Å². The molecule has 1 aliphatic heterocycles. The standard InChI is InChI=1S/C5H9NO4S/c6-3-1-4(5(7)8)11(9,10)2-3/h3-4H,1-2,6H2,(H,7,8)/t3-,4?/m1/s1. The maximum Gasteiger partial charge on any atom is 0.321 e. The Morgan fingerprint density at radius 2 is 2.09 bits per heavy atom. The predicted octanol–water partition coefficient (Wildman–Crippen LogP) is -1.41. The van der Waals surface area contributed by atoms with Gasteiger partial charge in [0, 0.05) is 6.04 Å². The van der Waals surface area contributed by atoms with Gasteiger partial charge in [-0.15, -0.1) is 0 Å². The zero-order valence-corrected chi connectivity index (χ0v) is 6.54. The first-order valence-corrected chi connectivity index (χ1v) is 4.85. The molecule has 3 N–H and O–H groups in total. The fourth-order valence-corrected chi connectivity index (χ4v) is 2.97. The van der Waals surface area contributed by atoms with E-state index in [1.165, 1.54) is 0 Å². The molecule has 1 unspecified atom stereocenters. The first-order valence-electron chi connectivity index (χ1n) is 3.13. The molecule has 0 radical (unpaired) electrons. The molecule has 11 heavy (non-hydrogen) atoms. The smallest absolute Gasteiger partial charge is 0.321 e. The van der Waals surface area contributed by atoms with Crippen molar-refractivity contribution >= 4 is 15.8 Å². The zero-order valence-electron chi connectivity index (χ0n) is 5.73. The van der Waals surface area contributed by atoms with E-state index in [0.717, 1.165) is 0 Å². The molecule has 0 bridgehead atoms. The van der Waals surface area contributed by atoms with Gasteiger partial charge >= 0.3 is 5.97 Å². The van der Waals surface area contributed by atoms with E-state index in [9.17, 15) is 13.2 Å². The highest BCUT2D eigenvalue weighted by Gasteiger charge is 2.41. The van der Waals surface area contributed by atoms with Gasteiger partial charge in [0.25, 0.3) is 0 Å². The van der Waals surface area contributed by atoms with E-state index >= 15 is 0 Å². The summed E-state index contributed by atoms with van der Waals surface area (Å²) < 4.78 is 21.9. The van der Waals surface area contributed by atoms with Crippen molar-refractivity contribution in [3.63, 3.8) is 0 Å². The van der Waals surface area contributed by atoms with Crippen molar-refractivity contribution < 1.29 is 18.3 Å². The number of hydrogen-bond donors (Lipinski definition) is 2. The van der Waals surface area contributed by atoms with E-state index in [0.29, 0.717) is 0 Å². The molecule has 0 spiro atoms. The van der Waals surface area contributed by atoms with Crippen LogP contribution in [0.3, 0.4) is 0 Å². The van der Waals surface area contributed by atoms with Crippen LogP contribution in [-0.2, 0) is 14.6 Å². The number of carboxylic acid groups (broad SMARTS) is 1. The number of nitrogens with two attached hydrogens (primary N) is 1. The molecule has 0 amide bonds. The van der Waals surface area contributed by atoms with Crippen LogP contribution >= 0.6 is 0 Å². The van der Waals surface area contributed by atoms with Gasteiger partial charge in [-0.25, -0.2) is 8.42 Å². The Labute approximate surface area is 64.1 Å². The molecule has 2 atom stereocenters. The molecule has 0 saturated carbocycles. The van der Waals surface area contributed by atoms with E-state index in [2.05, 4.69) is 0 Å². The minimum atomic E-state index is -3.46. The van der Waals surface area contributed by atoms with Crippen LogP contribution < -0.4 is 5.73 Å². The minimum absolute atomic E-state index is 0.0394. The molecule has 0 aromatic heterocycles. The van der Waals surface area contributed by atoms with Gasteiger partial charge in [0.05, 0.1) is 5.75 Å². The molecule has 1 aliphatic rings. The van der Waals surface area contributed by atoms with Gasteiger partial charge in [-0.05, 0) is 6.42 Å².